The first-order valence-electron chi connectivity index (χ1n) is 5.44. The lowest BCUT2D eigenvalue weighted by Crippen LogP contribution is -1.99. The van der Waals surface area contributed by atoms with Crippen LogP contribution in [0.15, 0.2) is 0 Å². The summed E-state index contributed by atoms with van der Waals surface area (Å²) in [5, 5.41) is 0. The Balaban J connectivity index is 3.20. The second-order valence-electron chi connectivity index (χ2n) is 4.81. The first-order chi connectivity index (χ1) is 6.45. The normalized spacial score (nSPS) is 12.1. The van der Waals surface area contributed by atoms with Crippen molar-refractivity contribution >= 4 is 11.5 Å². The molecule has 0 saturated heterocycles. The third-order valence-electron chi connectivity index (χ3n) is 2.43. The summed E-state index contributed by atoms with van der Waals surface area (Å²) in [5.41, 5.74) is 2.81. The van der Waals surface area contributed by atoms with Gasteiger partial charge in [0.2, 0.25) is 0 Å². The summed E-state index contributed by atoms with van der Waals surface area (Å²) in [7, 11) is 0. The molecule has 0 fully saturated rings. The summed E-state index contributed by atoms with van der Waals surface area (Å²) in [6.45, 7) is 13.5. The Labute approximate surface area is 91.7 Å². The van der Waals surface area contributed by atoms with E-state index >= 15 is 0 Å². The average molecular weight is 211 g/mol. The van der Waals surface area contributed by atoms with Crippen molar-refractivity contribution in [2.24, 2.45) is 0 Å². The molecule has 0 radical (unpaired) electrons. The van der Waals surface area contributed by atoms with Crippen molar-refractivity contribution in [2.45, 2.75) is 59.3 Å². The first kappa shape index (κ1) is 11.7. The zero-order valence-electron chi connectivity index (χ0n) is 10.1. The molecule has 0 aliphatic heterocycles. The third-order valence-corrected chi connectivity index (χ3v) is 3.61. The van der Waals surface area contributed by atoms with Crippen molar-refractivity contribution in [3.05, 3.63) is 16.1 Å². The standard InChI is InChI=1S/C12H21NS/c1-7(2)10-11(8(3)4)13-14-12(10)9(5)6/h7-9H,1-6H3. The zero-order valence-corrected chi connectivity index (χ0v) is 10.9. The quantitative estimate of drug-likeness (QED) is 0.716. The van der Waals surface area contributed by atoms with Crippen LogP contribution in [-0.2, 0) is 0 Å². The van der Waals surface area contributed by atoms with Gasteiger partial charge in [0.1, 0.15) is 0 Å². The average Bonchev–Trinajstić information content (AvgIpc) is 2.46. The van der Waals surface area contributed by atoms with E-state index in [9.17, 15) is 0 Å². The van der Waals surface area contributed by atoms with E-state index < -0.39 is 0 Å². The Morgan fingerprint density at radius 1 is 0.857 bits per heavy atom. The fourth-order valence-electron chi connectivity index (χ4n) is 1.74. The van der Waals surface area contributed by atoms with Crippen molar-refractivity contribution in [1.82, 2.24) is 4.37 Å². The van der Waals surface area contributed by atoms with Gasteiger partial charge in [-0.25, -0.2) is 0 Å². The number of hydrogen-bond acceptors (Lipinski definition) is 2. The van der Waals surface area contributed by atoms with Crippen molar-refractivity contribution in [2.75, 3.05) is 0 Å². The maximum Gasteiger partial charge on any atom is 0.0605 e. The molecule has 0 aromatic carbocycles. The summed E-state index contributed by atoms with van der Waals surface area (Å²) < 4.78 is 4.60. The predicted octanol–water partition coefficient (Wildman–Crippen LogP) is 4.51. The largest absolute Gasteiger partial charge is 0.197 e. The van der Waals surface area contributed by atoms with Gasteiger partial charge in [-0.3, -0.25) is 0 Å². The highest BCUT2D eigenvalue weighted by Gasteiger charge is 2.20. The maximum atomic E-state index is 4.60. The second-order valence-corrected chi connectivity index (χ2v) is 5.61. The maximum absolute atomic E-state index is 4.60. The van der Waals surface area contributed by atoms with Crippen molar-refractivity contribution in [3.63, 3.8) is 0 Å². The fourth-order valence-corrected chi connectivity index (χ4v) is 2.89. The molecule has 0 N–H and O–H groups in total. The smallest absolute Gasteiger partial charge is 0.0605 e. The molecule has 0 atom stereocenters. The topological polar surface area (TPSA) is 12.9 Å². The number of hydrogen-bond donors (Lipinski definition) is 0. The molecule has 0 spiro atoms. The van der Waals surface area contributed by atoms with E-state index in [1.54, 1.807) is 11.5 Å². The Kier molecular flexibility index (Phi) is 3.71. The van der Waals surface area contributed by atoms with Crippen LogP contribution < -0.4 is 0 Å². The molecule has 0 aliphatic carbocycles. The van der Waals surface area contributed by atoms with Crippen molar-refractivity contribution < 1.29 is 0 Å². The van der Waals surface area contributed by atoms with E-state index in [0.29, 0.717) is 17.8 Å². The van der Waals surface area contributed by atoms with E-state index in [0.717, 1.165) is 0 Å². The summed E-state index contributed by atoms with van der Waals surface area (Å²) in [6, 6.07) is 0. The van der Waals surface area contributed by atoms with Crippen LogP contribution in [0, 0.1) is 0 Å². The molecule has 0 bridgehead atoms. The molecular formula is C12H21NS. The van der Waals surface area contributed by atoms with Crippen molar-refractivity contribution in [1.29, 1.82) is 0 Å². The van der Waals surface area contributed by atoms with Crippen LogP contribution in [0.2, 0.25) is 0 Å². The number of aromatic nitrogens is 1. The van der Waals surface area contributed by atoms with Crippen LogP contribution in [0.3, 0.4) is 0 Å². The minimum atomic E-state index is 0.552. The number of rotatable bonds is 3. The summed E-state index contributed by atoms with van der Waals surface area (Å²) in [4.78, 5) is 1.48. The van der Waals surface area contributed by atoms with Gasteiger partial charge >= 0.3 is 0 Å². The van der Waals surface area contributed by atoms with Gasteiger partial charge < -0.3 is 0 Å². The highest BCUT2D eigenvalue weighted by molar-refractivity contribution is 7.06. The fraction of sp³-hybridized carbons (Fsp3) is 0.750. The highest BCUT2D eigenvalue weighted by Crippen LogP contribution is 2.35. The van der Waals surface area contributed by atoms with E-state index in [1.165, 1.54) is 16.1 Å². The Morgan fingerprint density at radius 2 is 1.43 bits per heavy atom. The van der Waals surface area contributed by atoms with Gasteiger partial charge in [-0.15, -0.1) is 0 Å². The molecule has 1 aromatic heterocycles. The van der Waals surface area contributed by atoms with E-state index in [-0.39, 0.29) is 0 Å². The van der Waals surface area contributed by atoms with Crippen LogP contribution in [0.4, 0.5) is 0 Å². The Bertz CT molecular complexity index is 272. The van der Waals surface area contributed by atoms with Crippen LogP contribution >= 0.6 is 11.5 Å². The lowest BCUT2D eigenvalue weighted by Gasteiger charge is -2.13. The van der Waals surface area contributed by atoms with Crippen LogP contribution in [-0.4, -0.2) is 4.37 Å². The molecule has 1 aromatic rings. The molecule has 14 heavy (non-hydrogen) atoms. The van der Waals surface area contributed by atoms with Crippen LogP contribution in [0.1, 0.15) is 75.4 Å². The van der Waals surface area contributed by atoms with Crippen LogP contribution in [0.25, 0.3) is 0 Å². The van der Waals surface area contributed by atoms with E-state index in [1.807, 2.05) is 0 Å². The minimum absolute atomic E-state index is 0.552. The van der Waals surface area contributed by atoms with Gasteiger partial charge in [0.05, 0.1) is 5.69 Å². The molecule has 0 saturated carbocycles. The van der Waals surface area contributed by atoms with Gasteiger partial charge in [0.25, 0.3) is 0 Å². The lowest BCUT2D eigenvalue weighted by molar-refractivity contribution is 0.753. The van der Waals surface area contributed by atoms with Crippen LogP contribution in [0.5, 0.6) is 0 Å². The molecule has 0 unspecified atom stereocenters. The molecule has 1 heterocycles. The highest BCUT2D eigenvalue weighted by atomic mass is 32.1. The van der Waals surface area contributed by atoms with Gasteiger partial charge in [0.15, 0.2) is 0 Å². The Hall–Kier alpha value is -0.370. The molecule has 0 amide bonds. The van der Waals surface area contributed by atoms with Crippen molar-refractivity contribution in [3.8, 4) is 0 Å². The van der Waals surface area contributed by atoms with Gasteiger partial charge in [-0.1, -0.05) is 41.5 Å². The molecule has 80 valence electrons. The third kappa shape index (κ3) is 2.17. The van der Waals surface area contributed by atoms with Gasteiger partial charge in [-0.2, -0.15) is 4.37 Å². The lowest BCUT2D eigenvalue weighted by atomic mass is 9.92. The molecule has 1 nitrogen and oxygen atoms in total. The monoisotopic (exact) mass is 211 g/mol. The van der Waals surface area contributed by atoms with Gasteiger partial charge in [0, 0.05) is 4.88 Å². The first-order valence-corrected chi connectivity index (χ1v) is 6.21. The second kappa shape index (κ2) is 4.43. The summed E-state index contributed by atoms with van der Waals surface area (Å²) in [6.07, 6.45) is 0. The number of nitrogens with zero attached hydrogens (tertiary/aromatic N) is 1. The zero-order chi connectivity index (χ0) is 10.9. The Morgan fingerprint density at radius 3 is 1.79 bits per heavy atom. The molecular weight excluding hydrogens is 190 g/mol. The molecule has 2 heteroatoms. The van der Waals surface area contributed by atoms with E-state index in [4.69, 9.17) is 0 Å². The summed E-state index contributed by atoms with van der Waals surface area (Å²) >= 11 is 1.69. The molecule has 0 aliphatic rings. The predicted molar refractivity (Wildman–Crippen MR) is 64.4 cm³/mol. The SMILES string of the molecule is CC(C)c1nsc(C(C)C)c1C(C)C. The van der Waals surface area contributed by atoms with E-state index in [2.05, 4.69) is 45.9 Å². The minimum Gasteiger partial charge on any atom is -0.197 e. The van der Waals surface area contributed by atoms with Gasteiger partial charge in [-0.05, 0) is 34.8 Å². The summed E-state index contributed by atoms with van der Waals surface area (Å²) in [5.74, 6) is 1.76. The molecule has 1 rings (SSSR count).